The van der Waals surface area contributed by atoms with Gasteiger partial charge in [-0.05, 0) is 81.6 Å². The van der Waals surface area contributed by atoms with Crippen LogP contribution < -0.4 is 15.4 Å². The maximum absolute atomic E-state index is 14.1. The summed E-state index contributed by atoms with van der Waals surface area (Å²) in [5, 5.41) is 7.31. The molecule has 0 bridgehead atoms. The van der Waals surface area contributed by atoms with Gasteiger partial charge in [-0.3, -0.25) is 4.79 Å². The van der Waals surface area contributed by atoms with Gasteiger partial charge in [-0.25, -0.2) is 13.4 Å². The number of methoxy groups -OCH3 is 1. The van der Waals surface area contributed by atoms with Gasteiger partial charge < -0.3 is 29.6 Å². The first-order valence-corrected chi connectivity index (χ1v) is 18.9. The Kier molecular flexibility index (Phi) is 10.5. The molecule has 2 aliphatic rings. The predicted molar refractivity (Wildman–Crippen MR) is 189 cm³/mol. The second kappa shape index (κ2) is 14.8. The fourth-order valence-corrected chi connectivity index (χ4v) is 7.92. The van der Waals surface area contributed by atoms with Crippen molar-refractivity contribution in [2.24, 2.45) is 0 Å². The van der Waals surface area contributed by atoms with E-state index in [-0.39, 0.29) is 21.7 Å². The molecule has 4 aromatic rings. The summed E-state index contributed by atoms with van der Waals surface area (Å²) in [7, 11) is -2.00. The molecule has 2 aliphatic heterocycles. The lowest BCUT2D eigenvalue weighted by Crippen LogP contribution is -2.42. The number of aromatic nitrogens is 2. The molecule has 0 saturated carbocycles. The zero-order valence-electron chi connectivity index (χ0n) is 28.2. The average molecular weight is 674 g/mol. The lowest BCUT2D eigenvalue weighted by atomic mass is 9.73. The van der Waals surface area contributed by atoms with Crippen molar-refractivity contribution in [1.29, 1.82) is 0 Å². The van der Waals surface area contributed by atoms with E-state index in [9.17, 15) is 13.2 Å². The first kappa shape index (κ1) is 34.1. The van der Waals surface area contributed by atoms with Gasteiger partial charge in [0.25, 0.3) is 0 Å². The molecule has 1 atom stereocenters. The van der Waals surface area contributed by atoms with Gasteiger partial charge in [-0.15, -0.1) is 0 Å². The topological polar surface area (TPSA) is 115 Å². The molecule has 1 unspecified atom stereocenters. The number of carbonyl (C=O) groups excluding carboxylic acids is 1. The Balaban J connectivity index is 1.15. The Morgan fingerprint density at radius 3 is 2.54 bits per heavy atom. The van der Waals surface area contributed by atoms with Gasteiger partial charge in [0.15, 0.2) is 15.6 Å². The standard InChI is InChI=1S/C37H47N5O5S/c1-4-47-24-23-42-33-12-8-7-11-32(33)40-36(42)39-27-15-20-41(21-16-27)22-18-37(17-19-38-26-37)31-10-6-5-9-29(31)35(43)30-25-28(48(3,44)45)13-14-34(30)46-2/h5-14,25,27,38H,4,15-24,26H2,1-3H3,(H,39,40). The lowest BCUT2D eigenvalue weighted by Gasteiger charge is -2.37. The number of benzene rings is 3. The van der Waals surface area contributed by atoms with Crippen molar-refractivity contribution in [2.75, 3.05) is 64.6 Å². The number of rotatable bonds is 14. The SMILES string of the molecule is CCOCCn1c(NC2CCN(CCC3(c4ccccc4C(=O)c4cc(S(C)(=O)=O)ccc4OC)CCNC3)CC2)nc2ccccc21. The summed E-state index contributed by atoms with van der Waals surface area (Å²) in [5.74, 6) is 1.05. The summed E-state index contributed by atoms with van der Waals surface area (Å²) in [6, 6.07) is 20.9. The Morgan fingerprint density at radius 1 is 1.04 bits per heavy atom. The number of para-hydroxylation sites is 2. The Bertz CT molecular complexity index is 1840. The van der Waals surface area contributed by atoms with Crippen LogP contribution in [-0.4, -0.2) is 94.0 Å². The largest absolute Gasteiger partial charge is 0.496 e. The highest BCUT2D eigenvalue weighted by Gasteiger charge is 2.39. The number of ether oxygens (including phenoxy) is 2. The molecule has 11 heteroatoms. The van der Waals surface area contributed by atoms with E-state index in [2.05, 4.69) is 44.4 Å². The number of fused-ring (bicyclic) bond motifs is 1. The molecule has 3 aromatic carbocycles. The number of imidazole rings is 1. The predicted octanol–water partition coefficient (Wildman–Crippen LogP) is 4.91. The highest BCUT2D eigenvalue weighted by atomic mass is 32.2. The highest BCUT2D eigenvalue weighted by molar-refractivity contribution is 7.90. The van der Waals surface area contributed by atoms with Gasteiger partial charge in [-0.2, -0.15) is 0 Å². The number of likely N-dealkylation sites (tertiary alicyclic amines) is 1. The fraction of sp³-hybridized carbons (Fsp3) is 0.459. The van der Waals surface area contributed by atoms with E-state index in [4.69, 9.17) is 14.5 Å². The molecule has 10 nitrogen and oxygen atoms in total. The van der Waals surface area contributed by atoms with E-state index in [1.165, 1.54) is 19.2 Å². The molecular weight excluding hydrogens is 627 g/mol. The van der Waals surface area contributed by atoms with E-state index in [1.54, 1.807) is 6.07 Å². The van der Waals surface area contributed by atoms with E-state index in [0.29, 0.717) is 30.6 Å². The summed E-state index contributed by atoms with van der Waals surface area (Å²) < 4.78 is 38.1. The quantitative estimate of drug-likeness (QED) is 0.142. The van der Waals surface area contributed by atoms with Crippen molar-refractivity contribution in [3.8, 4) is 5.75 Å². The molecule has 0 spiro atoms. The zero-order chi connectivity index (χ0) is 33.7. The molecule has 2 fully saturated rings. The summed E-state index contributed by atoms with van der Waals surface area (Å²) in [4.78, 5) is 21.7. The second-order valence-electron chi connectivity index (χ2n) is 13.0. The van der Waals surface area contributed by atoms with Crippen LogP contribution >= 0.6 is 0 Å². The monoisotopic (exact) mass is 673 g/mol. The molecule has 1 aromatic heterocycles. The van der Waals surface area contributed by atoms with E-state index in [1.807, 2.05) is 31.2 Å². The summed E-state index contributed by atoms with van der Waals surface area (Å²) >= 11 is 0. The van der Waals surface area contributed by atoms with Crippen molar-refractivity contribution in [3.05, 3.63) is 83.4 Å². The number of sulfone groups is 1. The molecule has 2 N–H and O–H groups in total. The van der Waals surface area contributed by atoms with Crippen molar-refractivity contribution >= 4 is 32.6 Å². The maximum atomic E-state index is 14.1. The molecule has 2 saturated heterocycles. The zero-order valence-corrected chi connectivity index (χ0v) is 29.0. The third-order valence-corrected chi connectivity index (χ3v) is 11.1. The summed E-state index contributed by atoms with van der Waals surface area (Å²) in [5.41, 5.74) is 3.76. The number of ketones is 1. The van der Waals surface area contributed by atoms with E-state index >= 15 is 0 Å². The van der Waals surface area contributed by atoms with Gasteiger partial charge in [0.05, 0.1) is 35.2 Å². The van der Waals surface area contributed by atoms with Crippen LogP contribution in [0.3, 0.4) is 0 Å². The van der Waals surface area contributed by atoms with Crippen LogP contribution in [0, 0.1) is 0 Å². The normalized spacial score (nSPS) is 19.1. The van der Waals surface area contributed by atoms with Crippen molar-refractivity contribution in [3.63, 3.8) is 0 Å². The van der Waals surface area contributed by atoms with Crippen LogP contribution in [0.4, 0.5) is 5.95 Å². The van der Waals surface area contributed by atoms with Crippen molar-refractivity contribution < 1.29 is 22.7 Å². The molecule has 48 heavy (non-hydrogen) atoms. The number of hydrogen-bond acceptors (Lipinski definition) is 9. The van der Waals surface area contributed by atoms with Crippen LogP contribution in [0.25, 0.3) is 11.0 Å². The molecule has 0 radical (unpaired) electrons. The third-order valence-electron chi connectivity index (χ3n) is 9.98. The summed E-state index contributed by atoms with van der Waals surface area (Å²) in [6.45, 7) is 8.67. The number of nitrogens with zero attached hydrogens (tertiary/aromatic N) is 3. The number of carbonyl (C=O) groups is 1. The smallest absolute Gasteiger partial charge is 0.204 e. The molecule has 0 amide bonds. The third kappa shape index (κ3) is 7.29. The van der Waals surface area contributed by atoms with E-state index < -0.39 is 9.84 Å². The van der Waals surface area contributed by atoms with Crippen molar-refractivity contribution in [1.82, 2.24) is 19.8 Å². The average Bonchev–Trinajstić information content (AvgIpc) is 3.72. The highest BCUT2D eigenvalue weighted by Crippen LogP contribution is 2.38. The number of hydrogen-bond donors (Lipinski definition) is 2. The van der Waals surface area contributed by atoms with Crippen LogP contribution in [-0.2, 0) is 26.5 Å². The van der Waals surface area contributed by atoms with Gasteiger partial charge in [-0.1, -0.05) is 36.4 Å². The number of piperidine rings is 1. The van der Waals surface area contributed by atoms with Crippen LogP contribution in [0.1, 0.15) is 54.1 Å². The molecule has 6 rings (SSSR count). The first-order chi connectivity index (χ1) is 23.2. The van der Waals surface area contributed by atoms with Gasteiger partial charge in [0.2, 0.25) is 5.95 Å². The first-order valence-electron chi connectivity index (χ1n) is 17.0. The maximum Gasteiger partial charge on any atom is 0.204 e. The minimum absolute atomic E-state index is 0.0991. The van der Waals surface area contributed by atoms with Gasteiger partial charge in [0, 0.05) is 56.1 Å². The second-order valence-corrected chi connectivity index (χ2v) is 15.0. The van der Waals surface area contributed by atoms with Gasteiger partial charge >= 0.3 is 0 Å². The molecule has 3 heterocycles. The molecule has 0 aliphatic carbocycles. The van der Waals surface area contributed by atoms with Crippen LogP contribution in [0.15, 0.2) is 71.6 Å². The van der Waals surface area contributed by atoms with Crippen LogP contribution in [0.5, 0.6) is 5.75 Å². The Hall–Kier alpha value is -3.77. The van der Waals surface area contributed by atoms with Crippen molar-refractivity contribution in [2.45, 2.75) is 55.5 Å². The molecular formula is C37H47N5O5S. The number of nitrogens with one attached hydrogen (secondary N) is 2. The minimum Gasteiger partial charge on any atom is -0.496 e. The fourth-order valence-electron chi connectivity index (χ4n) is 7.27. The Labute approximate surface area is 283 Å². The number of anilines is 1. The summed E-state index contributed by atoms with van der Waals surface area (Å²) in [6.07, 6.45) is 5.02. The molecule has 256 valence electrons. The van der Waals surface area contributed by atoms with E-state index in [0.717, 1.165) is 93.8 Å². The Morgan fingerprint density at radius 2 is 1.81 bits per heavy atom. The van der Waals surface area contributed by atoms with Crippen LogP contribution in [0.2, 0.25) is 0 Å². The lowest BCUT2D eigenvalue weighted by molar-refractivity contribution is 0.103. The van der Waals surface area contributed by atoms with Gasteiger partial charge in [0.1, 0.15) is 5.75 Å². The minimum atomic E-state index is -3.50.